The minimum Gasteiger partial charge on any atom is -0.495 e. The van der Waals surface area contributed by atoms with E-state index in [9.17, 15) is 15.0 Å². The fourth-order valence-corrected chi connectivity index (χ4v) is 1.76. The van der Waals surface area contributed by atoms with Crippen LogP contribution in [0.15, 0.2) is 18.2 Å². The zero-order valence-corrected chi connectivity index (χ0v) is 10.8. The van der Waals surface area contributed by atoms with E-state index in [1.54, 1.807) is 19.1 Å². The SMILES string of the molecule is CCOC(=O)C(O)C(O)c1cccc(Cl)c1OC. The molecule has 18 heavy (non-hydrogen) atoms. The van der Waals surface area contributed by atoms with E-state index in [2.05, 4.69) is 4.74 Å². The van der Waals surface area contributed by atoms with Gasteiger partial charge in [-0.2, -0.15) is 0 Å². The lowest BCUT2D eigenvalue weighted by molar-refractivity contribution is -0.159. The Morgan fingerprint density at radius 1 is 1.44 bits per heavy atom. The number of halogens is 1. The van der Waals surface area contributed by atoms with Crippen LogP contribution in [0, 0.1) is 0 Å². The number of para-hydroxylation sites is 1. The minimum absolute atomic E-state index is 0.120. The molecule has 0 aliphatic carbocycles. The standard InChI is InChI=1S/C12H15ClO5/c1-3-18-12(16)10(15)9(14)7-5-4-6-8(13)11(7)17-2/h4-6,9-10,14-15H,3H2,1-2H3. The van der Waals surface area contributed by atoms with Crippen LogP contribution in [0.1, 0.15) is 18.6 Å². The third-order valence-electron chi connectivity index (χ3n) is 2.35. The summed E-state index contributed by atoms with van der Waals surface area (Å²) in [4.78, 5) is 11.3. The molecule has 0 saturated heterocycles. The summed E-state index contributed by atoms with van der Waals surface area (Å²) in [5.74, 6) is -0.679. The number of aliphatic hydroxyl groups is 2. The van der Waals surface area contributed by atoms with Gasteiger partial charge in [0.2, 0.25) is 0 Å². The summed E-state index contributed by atoms with van der Waals surface area (Å²) >= 11 is 5.89. The Balaban J connectivity index is 2.99. The molecule has 0 radical (unpaired) electrons. The van der Waals surface area contributed by atoms with E-state index in [1.165, 1.54) is 13.2 Å². The lowest BCUT2D eigenvalue weighted by atomic mass is 10.0. The third-order valence-corrected chi connectivity index (χ3v) is 2.64. The van der Waals surface area contributed by atoms with Gasteiger partial charge in [-0.05, 0) is 13.0 Å². The molecule has 0 heterocycles. The Morgan fingerprint density at radius 2 is 2.11 bits per heavy atom. The topological polar surface area (TPSA) is 76.0 Å². The number of carbonyl (C=O) groups excluding carboxylic acids is 1. The van der Waals surface area contributed by atoms with Gasteiger partial charge < -0.3 is 19.7 Å². The van der Waals surface area contributed by atoms with Crippen LogP contribution in [0.2, 0.25) is 5.02 Å². The lowest BCUT2D eigenvalue weighted by Crippen LogP contribution is -2.30. The molecule has 0 bridgehead atoms. The van der Waals surface area contributed by atoms with Crippen LogP contribution in [0.25, 0.3) is 0 Å². The first kappa shape index (κ1) is 14.8. The second-order valence-corrected chi connectivity index (χ2v) is 3.91. The van der Waals surface area contributed by atoms with Crippen molar-refractivity contribution < 1.29 is 24.5 Å². The van der Waals surface area contributed by atoms with Crippen LogP contribution >= 0.6 is 11.6 Å². The maximum absolute atomic E-state index is 11.3. The molecule has 0 spiro atoms. The molecule has 6 heteroatoms. The Bertz CT molecular complexity index is 421. The second kappa shape index (κ2) is 6.58. The molecule has 0 saturated carbocycles. The van der Waals surface area contributed by atoms with Gasteiger partial charge in [0.15, 0.2) is 6.10 Å². The van der Waals surface area contributed by atoms with Gasteiger partial charge in [0.25, 0.3) is 0 Å². The highest BCUT2D eigenvalue weighted by atomic mass is 35.5. The molecule has 100 valence electrons. The summed E-state index contributed by atoms with van der Waals surface area (Å²) in [5.41, 5.74) is 0.227. The highest BCUT2D eigenvalue weighted by Gasteiger charge is 2.29. The summed E-state index contributed by atoms with van der Waals surface area (Å²) in [6, 6.07) is 4.67. The Kier molecular flexibility index (Phi) is 5.40. The second-order valence-electron chi connectivity index (χ2n) is 3.50. The molecule has 5 nitrogen and oxygen atoms in total. The molecule has 0 aliphatic rings. The molecule has 2 unspecified atom stereocenters. The normalized spacial score (nSPS) is 13.8. The predicted molar refractivity (Wildman–Crippen MR) is 65.6 cm³/mol. The molecule has 0 aliphatic heterocycles. The largest absolute Gasteiger partial charge is 0.495 e. The summed E-state index contributed by atoms with van der Waals surface area (Å²) < 4.78 is 9.66. The molecule has 0 fully saturated rings. The first-order valence-electron chi connectivity index (χ1n) is 5.38. The molecular weight excluding hydrogens is 260 g/mol. The first-order chi connectivity index (χ1) is 8.52. The van der Waals surface area contributed by atoms with Crippen LogP contribution in [0.3, 0.4) is 0 Å². The van der Waals surface area contributed by atoms with E-state index in [4.69, 9.17) is 16.3 Å². The van der Waals surface area contributed by atoms with Crippen molar-refractivity contribution in [1.29, 1.82) is 0 Å². The highest BCUT2D eigenvalue weighted by molar-refractivity contribution is 6.32. The number of ether oxygens (including phenoxy) is 2. The quantitative estimate of drug-likeness (QED) is 0.792. The van der Waals surface area contributed by atoms with E-state index in [-0.39, 0.29) is 22.9 Å². The van der Waals surface area contributed by atoms with E-state index in [0.717, 1.165) is 0 Å². The van der Waals surface area contributed by atoms with E-state index < -0.39 is 18.2 Å². The van der Waals surface area contributed by atoms with Crippen molar-refractivity contribution in [3.8, 4) is 5.75 Å². The van der Waals surface area contributed by atoms with Crippen molar-refractivity contribution in [2.24, 2.45) is 0 Å². The summed E-state index contributed by atoms with van der Waals surface area (Å²) in [7, 11) is 1.38. The van der Waals surface area contributed by atoms with Crippen LogP contribution in [-0.4, -0.2) is 36.0 Å². The van der Waals surface area contributed by atoms with Crippen LogP contribution in [-0.2, 0) is 9.53 Å². The average molecular weight is 275 g/mol. The number of hydrogen-bond donors (Lipinski definition) is 2. The fourth-order valence-electron chi connectivity index (χ4n) is 1.50. The maximum Gasteiger partial charge on any atom is 0.338 e. The van der Waals surface area contributed by atoms with Crippen molar-refractivity contribution in [3.63, 3.8) is 0 Å². The first-order valence-corrected chi connectivity index (χ1v) is 5.75. The maximum atomic E-state index is 11.3. The van der Waals surface area contributed by atoms with Crippen molar-refractivity contribution in [2.45, 2.75) is 19.1 Å². The fraction of sp³-hybridized carbons (Fsp3) is 0.417. The Labute approximate surface area is 110 Å². The van der Waals surface area contributed by atoms with E-state index in [1.807, 2.05) is 0 Å². The van der Waals surface area contributed by atoms with Crippen LogP contribution in [0.4, 0.5) is 0 Å². The van der Waals surface area contributed by atoms with Gasteiger partial charge in [-0.25, -0.2) is 4.79 Å². The Hall–Kier alpha value is -1.30. The lowest BCUT2D eigenvalue weighted by Gasteiger charge is -2.19. The molecule has 0 aromatic heterocycles. The van der Waals surface area contributed by atoms with E-state index >= 15 is 0 Å². The van der Waals surface area contributed by atoms with Gasteiger partial charge in [-0.1, -0.05) is 23.7 Å². The van der Waals surface area contributed by atoms with Crippen molar-refractivity contribution in [3.05, 3.63) is 28.8 Å². The van der Waals surface area contributed by atoms with Crippen molar-refractivity contribution >= 4 is 17.6 Å². The highest BCUT2D eigenvalue weighted by Crippen LogP contribution is 2.33. The van der Waals surface area contributed by atoms with Crippen LogP contribution in [0.5, 0.6) is 5.75 Å². The molecule has 2 N–H and O–H groups in total. The monoisotopic (exact) mass is 274 g/mol. The van der Waals surface area contributed by atoms with Crippen LogP contribution < -0.4 is 4.74 Å². The van der Waals surface area contributed by atoms with Gasteiger partial charge >= 0.3 is 5.97 Å². The van der Waals surface area contributed by atoms with E-state index in [0.29, 0.717) is 0 Å². The molecule has 1 aromatic rings. The van der Waals surface area contributed by atoms with Gasteiger partial charge in [-0.15, -0.1) is 0 Å². The number of methoxy groups -OCH3 is 1. The molecule has 1 rings (SSSR count). The molecular formula is C12H15ClO5. The molecule has 1 aromatic carbocycles. The van der Waals surface area contributed by atoms with Crippen molar-refractivity contribution in [2.75, 3.05) is 13.7 Å². The number of aliphatic hydroxyl groups excluding tert-OH is 2. The summed E-state index contributed by atoms with van der Waals surface area (Å²) in [6.07, 6.45) is -3.14. The third kappa shape index (κ3) is 3.13. The summed E-state index contributed by atoms with van der Waals surface area (Å²) in [6.45, 7) is 1.73. The zero-order valence-electron chi connectivity index (χ0n) is 10.1. The van der Waals surface area contributed by atoms with Gasteiger partial charge in [0.05, 0.1) is 18.7 Å². The van der Waals surface area contributed by atoms with Gasteiger partial charge in [0.1, 0.15) is 11.9 Å². The Morgan fingerprint density at radius 3 is 2.67 bits per heavy atom. The smallest absolute Gasteiger partial charge is 0.338 e. The predicted octanol–water partition coefficient (Wildman–Crippen LogP) is 1.31. The summed E-state index contributed by atoms with van der Waals surface area (Å²) in [5, 5.41) is 19.9. The minimum atomic E-state index is -1.68. The molecule has 2 atom stereocenters. The van der Waals surface area contributed by atoms with Gasteiger partial charge in [-0.3, -0.25) is 0 Å². The number of rotatable bonds is 5. The zero-order chi connectivity index (χ0) is 13.7. The average Bonchev–Trinajstić information content (AvgIpc) is 2.37. The number of hydrogen-bond acceptors (Lipinski definition) is 5. The number of carbonyl (C=O) groups is 1. The number of benzene rings is 1. The number of esters is 1. The van der Waals surface area contributed by atoms with Crippen molar-refractivity contribution in [1.82, 2.24) is 0 Å². The van der Waals surface area contributed by atoms with Gasteiger partial charge in [0, 0.05) is 5.56 Å². The molecule has 0 amide bonds.